The topological polar surface area (TPSA) is 94.0 Å². The Morgan fingerprint density at radius 1 is 1.04 bits per heavy atom. The predicted molar refractivity (Wildman–Crippen MR) is 88.8 cm³/mol. The number of carbonyl (C=O) groups excluding carboxylic acids is 1. The van der Waals surface area contributed by atoms with E-state index in [1.807, 2.05) is 30.3 Å². The molecule has 1 heterocycles. The average Bonchev–Trinajstić information content (AvgIpc) is 3.06. The van der Waals surface area contributed by atoms with E-state index in [9.17, 15) is 13.2 Å². The van der Waals surface area contributed by atoms with E-state index >= 15 is 0 Å². The van der Waals surface area contributed by atoms with E-state index < -0.39 is 10.0 Å². The maximum absolute atomic E-state index is 12.6. The molecule has 8 heteroatoms. The van der Waals surface area contributed by atoms with Gasteiger partial charge in [-0.25, -0.2) is 0 Å². The lowest BCUT2D eigenvalue weighted by Gasteiger charge is -2.05. The number of nitrogens with zero attached hydrogens (tertiary/aromatic N) is 3. The lowest BCUT2D eigenvalue weighted by molar-refractivity contribution is -0.114. The minimum Gasteiger partial charge on any atom is -0.326 e. The molecule has 0 saturated heterocycles. The summed E-state index contributed by atoms with van der Waals surface area (Å²) >= 11 is 0. The van der Waals surface area contributed by atoms with Crippen LogP contribution in [0.15, 0.2) is 65.7 Å². The first-order valence-corrected chi connectivity index (χ1v) is 8.52. The molecule has 0 radical (unpaired) electrons. The van der Waals surface area contributed by atoms with E-state index in [4.69, 9.17) is 0 Å². The van der Waals surface area contributed by atoms with Crippen LogP contribution in [0.25, 0.3) is 11.3 Å². The van der Waals surface area contributed by atoms with E-state index in [0.717, 1.165) is 9.65 Å². The summed E-state index contributed by atoms with van der Waals surface area (Å²) in [5.41, 5.74) is 1.76. The van der Waals surface area contributed by atoms with Crippen LogP contribution in [0.2, 0.25) is 0 Å². The summed E-state index contributed by atoms with van der Waals surface area (Å²) in [5.74, 6) is -0.227. The second-order valence-electron chi connectivity index (χ2n) is 5.05. The van der Waals surface area contributed by atoms with Gasteiger partial charge in [0.2, 0.25) is 5.91 Å². The highest BCUT2D eigenvalue weighted by Gasteiger charge is 2.19. The molecular weight excluding hydrogens is 328 g/mol. The number of benzene rings is 2. The minimum atomic E-state index is -3.84. The number of hydrogen-bond donors (Lipinski definition) is 1. The van der Waals surface area contributed by atoms with E-state index in [-0.39, 0.29) is 10.8 Å². The fraction of sp³-hybridized carbons (Fsp3) is 0.0625. The van der Waals surface area contributed by atoms with Crippen LogP contribution in [0, 0.1) is 0 Å². The van der Waals surface area contributed by atoms with Crippen LogP contribution in [-0.2, 0) is 14.8 Å². The predicted octanol–water partition coefficient (Wildman–Crippen LogP) is 2.14. The number of carbonyl (C=O) groups is 1. The fourth-order valence-electron chi connectivity index (χ4n) is 2.13. The van der Waals surface area contributed by atoms with Crippen molar-refractivity contribution in [1.82, 2.24) is 14.4 Å². The van der Waals surface area contributed by atoms with Crippen LogP contribution in [-0.4, -0.2) is 28.7 Å². The summed E-state index contributed by atoms with van der Waals surface area (Å²) in [7, 11) is -3.84. The molecule has 0 aliphatic rings. The zero-order chi connectivity index (χ0) is 17.2. The van der Waals surface area contributed by atoms with Crippen molar-refractivity contribution in [2.24, 2.45) is 0 Å². The molecule has 1 N–H and O–H groups in total. The zero-order valence-corrected chi connectivity index (χ0v) is 13.6. The highest BCUT2D eigenvalue weighted by Crippen LogP contribution is 2.20. The molecule has 24 heavy (non-hydrogen) atoms. The number of rotatable bonds is 4. The molecule has 3 rings (SSSR count). The van der Waals surface area contributed by atoms with Gasteiger partial charge in [-0.2, -0.15) is 8.42 Å². The molecule has 122 valence electrons. The van der Waals surface area contributed by atoms with Gasteiger partial charge in [-0.15, -0.1) is 9.19 Å². The van der Waals surface area contributed by atoms with Crippen LogP contribution in [0.3, 0.4) is 0 Å². The SMILES string of the molecule is CC(=O)Nc1ccc(S(=O)(=O)n2cc(-c3ccccc3)nn2)cc1. The van der Waals surface area contributed by atoms with Gasteiger partial charge in [0.05, 0.1) is 11.1 Å². The van der Waals surface area contributed by atoms with Crippen molar-refractivity contribution in [3.63, 3.8) is 0 Å². The van der Waals surface area contributed by atoms with Crippen molar-refractivity contribution in [2.75, 3.05) is 5.32 Å². The largest absolute Gasteiger partial charge is 0.326 e. The second kappa shape index (κ2) is 6.25. The van der Waals surface area contributed by atoms with Crippen molar-refractivity contribution in [3.8, 4) is 11.3 Å². The molecule has 7 nitrogen and oxygen atoms in total. The fourth-order valence-corrected chi connectivity index (χ4v) is 3.20. The third kappa shape index (κ3) is 3.18. The molecule has 0 aliphatic carbocycles. The van der Waals surface area contributed by atoms with Gasteiger partial charge in [-0.3, -0.25) is 4.79 Å². The Hall–Kier alpha value is -3.00. The summed E-state index contributed by atoms with van der Waals surface area (Å²) in [4.78, 5) is 11.1. The number of nitrogens with one attached hydrogen (secondary N) is 1. The Bertz CT molecular complexity index is 964. The number of anilines is 1. The third-order valence-corrected chi connectivity index (χ3v) is 4.80. The molecule has 2 aromatic carbocycles. The Morgan fingerprint density at radius 3 is 2.33 bits per heavy atom. The van der Waals surface area contributed by atoms with Crippen molar-refractivity contribution < 1.29 is 13.2 Å². The van der Waals surface area contributed by atoms with E-state index in [0.29, 0.717) is 11.4 Å². The summed E-state index contributed by atoms with van der Waals surface area (Å²) in [6.07, 6.45) is 1.37. The summed E-state index contributed by atoms with van der Waals surface area (Å²) in [6, 6.07) is 15.0. The first-order valence-electron chi connectivity index (χ1n) is 7.08. The van der Waals surface area contributed by atoms with Gasteiger partial charge in [0.25, 0.3) is 10.0 Å². The van der Waals surface area contributed by atoms with Gasteiger partial charge >= 0.3 is 0 Å². The first-order chi connectivity index (χ1) is 11.5. The van der Waals surface area contributed by atoms with Crippen LogP contribution in [0.4, 0.5) is 5.69 Å². The number of amides is 1. The second-order valence-corrected chi connectivity index (χ2v) is 6.85. The van der Waals surface area contributed by atoms with Gasteiger partial charge in [-0.05, 0) is 24.3 Å². The van der Waals surface area contributed by atoms with E-state index in [1.54, 1.807) is 0 Å². The lowest BCUT2D eigenvalue weighted by Crippen LogP contribution is -2.14. The van der Waals surface area contributed by atoms with Crippen molar-refractivity contribution >= 4 is 21.6 Å². The monoisotopic (exact) mass is 342 g/mol. The lowest BCUT2D eigenvalue weighted by atomic mass is 10.2. The molecule has 0 atom stereocenters. The van der Waals surface area contributed by atoms with Gasteiger partial charge < -0.3 is 5.32 Å². The molecule has 0 fully saturated rings. The zero-order valence-electron chi connectivity index (χ0n) is 12.7. The van der Waals surface area contributed by atoms with Gasteiger partial charge in [0.15, 0.2) is 0 Å². The Labute approximate surface area is 139 Å². The molecule has 0 saturated carbocycles. The highest BCUT2D eigenvalue weighted by atomic mass is 32.2. The Morgan fingerprint density at radius 2 is 1.71 bits per heavy atom. The third-order valence-electron chi connectivity index (χ3n) is 3.26. The number of hydrogen-bond acceptors (Lipinski definition) is 5. The molecule has 0 bridgehead atoms. The molecule has 3 aromatic rings. The van der Waals surface area contributed by atoms with Gasteiger partial charge in [-0.1, -0.05) is 35.5 Å². The minimum absolute atomic E-state index is 0.0566. The van der Waals surface area contributed by atoms with Crippen LogP contribution in [0.5, 0.6) is 0 Å². The van der Waals surface area contributed by atoms with Crippen molar-refractivity contribution in [3.05, 3.63) is 60.8 Å². The maximum Gasteiger partial charge on any atom is 0.284 e. The molecule has 0 unspecified atom stereocenters. The Kier molecular flexibility index (Phi) is 4.13. The summed E-state index contributed by atoms with van der Waals surface area (Å²) < 4.78 is 26.0. The van der Waals surface area contributed by atoms with Crippen molar-refractivity contribution in [2.45, 2.75) is 11.8 Å². The van der Waals surface area contributed by atoms with E-state index in [1.165, 1.54) is 37.4 Å². The average molecular weight is 342 g/mol. The summed E-state index contributed by atoms with van der Waals surface area (Å²) in [6.45, 7) is 1.38. The van der Waals surface area contributed by atoms with Gasteiger partial charge in [0, 0.05) is 18.2 Å². The first kappa shape index (κ1) is 15.9. The van der Waals surface area contributed by atoms with Crippen LogP contribution < -0.4 is 5.32 Å². The smallest absolute Gasteiger partial charge is 0.284 e. The quantitative estimate of drug-likeness (QED) is 0.784. The van der Waals surface area contributed by atoms with Crippen molar-refractivity contribution in [1.29, 1.82) is 0 Å². The highest BCUT2D eigenvalue weighted by molar-refractivity contribution is 7.89. The Balaban J connectivity index is 1.91. The molecule has 0 aliphatic heterocycles. The molecule has 1 amide bonds. The molecule has 0 spiro atoms. The summed E-state index contributed by atoms with van der Waals surface area (Å²) in [5, 5.41) is 10.2. The number of aromatic nitrogens is 3. The van der Waals surface area contributed by atoms with E-state index in [2.05, 4.69) is 15.6 Å². The standard InChI is InChI=1S/C16H14N4O3S/c1-12(21)17-14-7-9-15(10-8-14)24(22,23)20-11-16(18-19-20)13-5-3-2-4-6-13/h2-11H,1H3,(H,17,21). The van der Waals surface area contributed by atoms with Crippen LogP contribution >= 0.6 is 0 Å². The molecular formula is C16H14N4O3S. The normalized spacial score (nSPS) is 11.2. The maximum atomic E-state index is 12.6. The van der Waals surface area contributed by atoms with Gasteiger partial charge in [0.1, 0.15) is 5.69 Å². The van der Waals surface area contributed by atoms with Crippen LogP contribution in [0.1, 0.15) is 6.92 Å². The molecule has 1 aromatic heterocycles.